The summed E-state index contributed by atoms with van der Waals surface area (Å²) in [6.07, 6.45) is 7.57. The largest absolute Gasteiger partial charge is 0.348 e. The van der Waals surface area contributed by atoms with Gasteiger partial charge in [-0.25, -0.2) is 13.8 Å². The first-order valence-corrected chi connectivity index (χ1v) is 7.85. The summed E-state index contributed by atoms with van der Waals surface area (Å²) in [6.45, 7) is 2.94. The van der Waals surface area contributed by atoms with E-state index in [0.717, 1.165) is 44.4 Å². The Kier molecular flexibility index (Phi) is 4.83. The van der Waals surface area contributed by atoms with E-state index in [-0.39, 0.29) is 0 Å². The Morgan fingerprint density at radius 3 is 3.00 bits per heavy atom. The fourth-order valence-electron chi connectivity index (χ4n) is 3.21. The maximum atomic E-state index is 13.7. The van der Waals surface area contributed by atoms with Gasteiger partial charge in [0.2, 0.25) is 0 Å². The summed E-state index contributed by atoms with van der Waals surface area (Å²) in [7, 11) is 0. The quantitative estimate of drug-likeness (QED) is 0.916. The molecule has 0 saturated carbocycles. The van der Waals surface area contributed by atoms with E-state index in [1.54, 1.807) is 12.3 Å². The molecule has 0 radical (unpaired) electrons. The van der Waals surface area contributed by atoms with Crippen LogP contribution in [0.25, 0.3) is 0 Å². The van der Waals surface area contributed by atoms with Gasteiger partial charge in [-0.3, -0.25) is 4.90 Å². The average molecular weight is 305 g/mol. The molecule has 0 unspecified atom stereocenters. The molecule has 1 aromatic heterocycles. The predicted molar refractivity (Wildman–Crippen MR) is 81.3 cm³/mol. The molecule has 1 saturated heterocycles. The average Bonchev–Trinajstić information content (AvgIpc) is 3.00. The lowest BCUT2D eigenvalue weighted by molar-refractivity contribution is 0.158. The summed E-state index contributed by atoms with van der Waals surface area (Å²) in [5, 5.41) is 0. The molecular formula is C17H21F2N3. The minimum Gasteiger partial charge on any atom is -0.348 e. The first-order valence-electron chi connectivity index (χ1n) is 7.85. The fourth-order valence-corrected chi connectivity index (χ4v) is 3.21. The highest BCUT2D eigenvalue weighted by Crippen LogP contribution is 2.23. The summed E-state index contributed by atoms with van der Waals surface area (Å²) in [4.78, 5) is 9.80. The van der Waals surface area contributed by atoms with Gasteiger partial charge in [0, 0.05) is 25.0 Å². The fraction of sp³-hybridized carbons (Fsp3) is 0.471. The van der Waals surface area contributed by atoms with E-state index < -0.39 is 11.6 Å². The summed E-state index contributed by atoms with van der Waals surface area (Å²) in [6, 6.07) is 3.87. The summed E-state index contributed by atoms with van der Waals surface area (Å²) in [5.74, 6) is 0.616. The molecular weight excluding hydrogens is 284 g/mol. The van der Waals surface area contributed by atoms with Gasteiger partial charge in [-0.15, -0.1) is 0 Å². The highest BCUT2D eigenvalue weighted by atomic mass is 19.1. The highest BCUT2D eigenvalue weighted by Gasteiger charge is 2.20. The van der Waals surface area contributed by atoms with Gasteiger partial charge < -0.3 is 4.98 Å². The molecule has 1 atom stereocenters. The molecule has 0 bridgehead atoms. The second kappa shape index (κ2) is 7.01. The molecule has 1 aliphatic heterocycles. The topological polar surface area (TPSA) is 31.9 Å². The van der Waals surface area contributed by atoms with Crippen LogP contribution in [0.1, 0.15) is 30.7 Å². The minimum absolute atomic E-state index is 0.428. The van der Waals surface area contributed by atoms with Crippen molar-refractivity contribution >= 4 is 0 Å². The Labute approximate surface area is 129 Å². The SMILES string of the molecule is Fc1ccc(CC[C@@H]2CCCN(Cc3ncc[nH]3)C2)c(F)c1. The molecule has 0 aliphatic carbocycles. The first kappa shape index (κ1) is 15.2. The summed E-state index contributed by atoms with van der Waals surface area (Å²) >= 11 is 0. The van der Waals surface area contributed by atoms with E-state index in [0.29, 0.717) is 17.9 Å². The number of nitrogens with zero attached hydrogens (tertiary/aromatic N) is 2. The van der Waals surface area contributed by atoms with Crippen LogP contribution in [0.2, 0.25) is 0 Å². The number of hydrogen-bond donors (Lipinski definition) is 1. The standard InChI is InChI=1S/C17H21F2N3/c18-15-6-5-14(16(19)10-15)4-3-13-2-1-9-22(11-13)12-17-20-7-8-21-17/h5-8,10,13H,1-4,9,11-12H2,(H,20,21)/t13-/m0/s1. The molecule has 118 valence electrons. The van der Waals surface area contributed by atoms with Crippen molar-refractivity contribution in [3.63, 3.8) is 0 Å². The number of nitrogens with one attached hydrogen (secondary N) is 1. The third kappa shape index (κ3) is 3.91. The Morgan fingerprint density at radius 2 is 2.23 bits per heavy atom. The van der Waals surface area contributed by atoms with Crippen molar-refractivity contribution in [1.29, 1.82) is 0 Å². The van der Waals surface area contributed by atoms with Crippen molar-refractivity contribution in [2.75, 3.05) is 13.1 Å². The van der Waals surface area contributed by atoms with Gasteiger partial charge in [-0.2, -0.15) is 0 Å². The Balaban J connectivity index is 1.52. The molecule has 3 rings (SSSR count). The lowest BCUT2D eigenvalue weighted by atomic mass is 9.91. The number of piperidine rings is 1. The zero-order chi connectivity index (χ0) is 15.4. The molecule has 1 N–H and O–H groups in total. The van der Waals surface area contributed by atoms with Crippen molar-refractivity contribution in [2.45, 2.75) is 32.2 Å². The summed E-state index contributed by atoms with van der Waals surface area (Å²) < 4.78 is 26.6. The normalized spacial score (nSPS) is 19.5. The zero-order valence-electron chi connectivity index (χ0n) is 12.6. The van der Waals surface area contributed by atoms with Gasteiger partial charge in [0.25, 0.3) is 0 Å². The maximum Gasteiger partial charge on any atom is 0.129 e. The monoisotopic (exact) mass is 305 g/mol. The van der Waals surface area contributed by atoms with E-state index >= 15 is 0 Å². The molecule has 1 aromatic carbocycles. The number of halogens is 2. The maximum absolute atomic E-state index is 13.7. The third-order valence-electron chi connectivity index (χ3n) is 4.37. The number of aromatic nitrogens is 2. The van der Waals surface area contributed by atoms with Crippen LogP contribution in [-0.2, 0) is 13.0 Å². The van der Waals surface area contributed by atoms with Gasteiger partial charge >= 0.3 is 0 Å². The second-order valence-corrected chi connectivity index (χ2v) is 6.05. The van der Waals surface area contributed by atoms with E-state index in [1.807, 2.05) is 6.20 Å². The predicted octanol–water partition coefficient (Wildman–Crippen LogP) is 3.53. The Hall–Kier alpha value is -1.75. The smallest absolute Gasteiger partial charge is 0.129 e. The Bertz CT molecular complexity index is 598. The molecule has 22 heavy (non-hydrogen) atoms. The van der Waals surface area contributed by atoms with Crippen LogP contribution < -0.4 is 0 Å². The highest BCUT2D eigenvalue weighted by molar-refractivity contribution is 5.18. The van der Waals surface area contributed by atoms with Gasteiger partial charge in [0.1, 0.15) is 17.5 Å². The van der Waals surface area contributed by atoms with Crippen molar-refractivity contribution in [1.82, 2.24) is 14.9 Å². The lowest BCUT2D eigenvalue weighted by Gasteiger charge is -2.32. The summed E-state index contributed by atoms with van der Waals surface area (Å²) in [5.41, 5.74) is 0.615. The third-order valence-corrected chi connectivity index (χ3v) is 4.37. The van der Waals surface area contributed by atoms with Crippen molar-refractivity contribution in [3.05, 3.63) is 53.6 Å². The molecule has 2 heterocycles. The number of H-pyrrole nitrogens is 1. The van der Waals surface area contributed by atoms with E-state index in [9.17, 15) is 8.78 Å². The van der Waals surface area contributed by atoms with E-state index in [1.165, 1.54) is 12.5 Å². The van der Waals surface area contributed by atoms with Crippen LogP contribution in [-0.4, -0.2) is 28.0 Å². The number of aromatic amines is 1. The second-order valence-electron chi connectivity index (χ2n) is 6.05. The van der Waals surface area contributed by atoms with Crippen LogP contribution >= 0.6 is 0 Å². The number of hydrogen-bond acceptors (Lipinski definition) is 2. The van der Waals surface area contributed by atoms with Crippen LogP contribution in [0.5, 0.6) is 0 Å². The van der Waals surface area contributed by atoms with Crippen molar-refractivity contribution < 1.29 is 8.78 Å². The van der Waals surface area contributed by atoms with Crippen LogP contribution in [0.15, 0.2) is 30.6 Å². The Morgan fingerprint density at radius 1 is 1.32 bits per heavy atom. The van der Waals surface area contributed by atoms with E-state index in [2.05, 4.69) is 14.9 Å². The van der Waals surface area contributed by atoms with Gasteiger partial charge in [0.15, 0.2) is 0 Å². The van der Waals surface area contributed by atoms with Crippen molar-refractivity contribution in [2.24, 2.45) is 5.92 Å². The molecule has 3 nitrogen and oxygen atoms in total. The molecule has 1 fully saturated rings. The molecule has 1 aliphatic rings. The molecule has 2 aromatic rings. The number of aryl methyl sites for hydroxylation is 1. The molecule has 0 amide bonds. The number of rotatable bonds is 5. The first-order chi connectivity index (χ1) is 10.7. The van der Waals surface area contributed by atoms with Crippen molar-refractivity contribution in [3.8, 4) is 0 Å². The molecule has 5 heteroatoms. The van der Waals surface area contributed by atoms with Crippen LogP contribution in [0, 0.1) is 17.6 Å². The number of imidazole rings is 1. The van der Waals surface area contributed by atoms with Crippen LogP contribution in [0.4, 0.5) is 8.78 Å². The zero-order valence-corrected chi connectivity index (χ0v) is 12.6. The van der Waals surface area contributed by atoms with Crippen LogP contribution in [0.3, 0.4) is 0 Å². The van der Waals surface area contributed by atoms with Gasteiger partial charge in [-0.05, 0) is 49.8 Å². The minimum atomic E-state index is -0.511. The number of benzene rings is 1. The number of likely N-dealkylation sites (tertiary alicyclic amines) is 1. The van der Waals surface area contributed by atoms with Gasteiger partial charge in [0.05, 0.1) is 6.54 Å². The molecule has 0 spiro atoms. The lowest BCUT2D eigenvalue weighted by Crippen LogP contribution is -2.35. The van der Waals surface area contributed by atoms with E-state index in [4.69, 9.17) is 0 Å². The van der Waals surface area contributed by atoms with Gasteiger partial charge in [-0.1, -0.05) is 6.07 Å².